The summed E-state index contributed by atoms with van der Waals surface area (Å²) in [4.78, 5) is 14.6. The van der Waals surface area contributed by atoms with E-state index in [-0.39, 0.29) is 11.5 Å². The van der Waals surface area contributed by atoms with Crippen molar-refractivity contribution in [3.63, 3.8) is 0 Å². The van der Waals surface area contributed by atoms with Gasteiger partial charge in [0.25, 0.3) is 5.91 Å². The minimum atomic E-state index is -0.615. The summed E-state index contributed by atoms with van der Waals surface area (Å²) in [5.41, 5.74) is 5.19. The van der Waals surface area contributed by atoms with Crippen LogP contribution in [0.1, 0.15) is 10.5 Å². The van der Waals surface area contributed by atoms with Gasteiger partial charge < -0.3 is 5.73 Å². The Morgan fingerprint density at radius 3 is 2.79 bits per heavy atom. The Morgan fingerprint density at radius 1 is 1.29 bits per heavy atom. The van der Waals surface area contributed by atoms with E-state index in [0.29, 0.717) is 5.39 Å². The molecule has 1 amide bonds. The quantitative estimate of drug-likeness (QED) is 0.740. The van der Waals surface area contributed by atoms with Gasteiger partial charge in [0.05, 0.1) is 0 Å². The molecule has 70 valence electrons. The summed E-state index contributed by atoms with van der Waals surface area (Å²) < 4.78 is 12.8. The van der Waals surface area contributed by atoms with Crippen molar-refractivity contribution in [1.29, 1.82) is 0 Å². The van der Waals surface area contributed by atoms with Crippen LogP contribution in [0.2, 0.25) is 0 Å². The SMILES string of the molecule is NC(=O)c1cc2cc(F)ccc2cn1. The fourth-order valence-corrected chi connectivity index (χ4v) is 1.25. The molecule has 0 aliphatic rings. The average Bonchev–Trinajstić information content (AvgIpc) is 2.16. The molecule has 14 heavy (non-hydrogen) atoms. The molecule has 2 aromatic rings. The highest BCUT2D eigenvalue weighted by atomic mass is 19.1. The van der Waals surface area contributed by atoms with Gasteiger partial charge in [-0.1, -0.05) is 0 Å². The van der Waals surface area contributed by atoms with Crippen molar-refractivity contribution >= 4 is 16.7 Å². The summed E-state index contributed by atoms with van der Waals surface area (Å²) in [6.07, 6.45) is 1.49. The molecule has 3 nitrogen and oxygen atoms in total. The third-order valence-electron chi connectivity index (χ3n) is 1.94. The lowest BCUT2D eigenvalue weighted by Gasteiger charge is -1.99. The summed E-state index contributed by atoms with van der Waals surface area (Å²) in [7, 11) is 0. The summed E-state index contributed by atoms with van der Waals surface area (Å²) >= 11 is 0. The first kappa shape index (κ1) is 8.62. The highest BCUT2D eigenvalue weighted by Crippen LogP contribution is 2.15. The molecule has 1 aromatic carbocycles. The van der Waals surface area contributed by atoms with Gasteiger partial charge >= 0.3 is 0 Å². The molecule has 0 saturated carbocycles. The van der Waals surface area contributed by atoms with Crippen molar-refractivity contribution in [3.05, 3.63) is 42.0 Å². The van der Waals surface area contributed by atoms with Crippen molar-refractivity contribution in [2.24, 2.45) is 5.73 Å². The van der Waals surface area contributed by atoms with Crippen LogP contribution >= 0.6 is 0 Å². The second kappa shape index (κ2) is 3.06. The van der Waals surface area contributed by atoms with Crippen LogP contribution in [0.4, 0.5) is 4.39 Å². The van der Waals surface area contributed by atoms with E-state index in [1.807, 2.05) is 0 Å². The van der Waals surface area contributed by atoms with Crippen LogP contribution in [0.15, 0.2) is 30.5 Å². The molecule has 0 spiro atoms. The van der Waals surface area contributed by atoms with Crippen LogP contribution in [0.3, 0.4) is 0 Å². The maximum absolute atomic E-state index is 12.8. The van der Waals surface area contributed by atoms with Gasteiger partial charge in [-0.15, -0.1) is 0 Å². The number of primary amides is 1. The van der Waals surface area contributed by atoms with E-state index >= 15 is 0 Å². The lowest BCUT2D eigenvalue weighted by molar-refractivity contribution is 0.0996. The number of hydrogen-bond donors (Lipinski definition) is 1. The van der Waals surface area contributed by atoms with Gasteiger partial charge in [-0.2, -0.15) is 0 Å². The number of amides is 1. The third-order valence-corrected chi connectivity index (χ3v) is 1.94. The van der Waals surface area contributed by atoms with E-state index < -0.39 is 5.91 Å². The largest absolute Gasteiger partial charge is 0.364 e. The van der Waals surface area contributed by atoms with Crippen molar-refractivity contribution < 1.29 is 9.18 Å². The Labute approximate surface area is 79.4 Å². The van der Waals surface area contributed by atoms with E-state index in [2.05, 4.69) is 4.98 Å². The molecular formula is C10H7FN2O. The van der Waals surface area contributed by atoms with Crippen molar-refractivity contribution in [3.8, 4) is 0 Å². The van der Waals surface area contributed by atoms with E-state index in [9.17, 15) is 9.18 Å². The molecule has 1 aromatic heterocycles. The second-order valence-corrected chi connectivity index (χ2v) is 2.93. The van der Waals surface area contributed by atoms with Gasteiger partial charge in [0, 0.05) is 11.6 Å². The maximum Gasteiger partial charge on any atom is 0.267 e. The third kappa shape index (κ3) is 1.42. The summed E-state index contributed by atoms with van der Waals surface area (Å²) in [6, 6.07) is 5.75. The number of halogens is 1. The lowest BCUT2D eigenvalue weighted by Crippen LogP contribution is -2.12. The predicted octanol–water partition coefficient (Wildman–Crippen LogP) is 1.47. The molecule has 2 rings (SSSR count). The van der Waals surface area contributed by atoms with Gasteiger partial charge in [-0.25, -0.2) is 4.39 Å². The average molecular weight is 190 g/mol. The zero-order valence-corrected chi connectivity index (χ0v) is 7.20. The van der Waals surface area contributed by atoms with Crippen molar-refractivity contribution in [2.75, 3.05) is 0 Å². The first-order valence-electron chi connectivity index (χ1n) is 4.02. The molecule has 0 fully saturated rings. The monoisotopic (exact) mass is 190 g/mol. The number of pyridine rings is 1. The van der Waals surface area contributed by atoms with Crippen LogP contribution in [0, 0.1) is 5.82 Å². The van der Waals surface area contributed by atoms with Gasteiger partial charge in [0.15, 0.2) is 0 Å². The Morgan fingerprint density at radius 2 is 2.07 bits per heavy atom. The predicted molar refractivity (Wildman–Crippen MR) is 50.2 cm³/mol. The van der Waals surface area contributed by atoms with Crippen LogP contribution in [0.25, 0.3) is 10.8 Å². The molecule has 4 heteroatoms. The number of carbonyl (C=O) groups is 1. The fourth-order valence-electron chi connectivity index (χ4n) is 1.25. The minimum absolute atomic E-state index is 0.142. The van der Waals surface area contributed by atoms with Gasteiger partial charge in [0.2, 0.25) is 0 Å². The lowest BCUT2D eigenvalue weighted by atomic mass is 10.1. The Kier molecular flexibility index (Phi) is 1.89. The Balaban J connectivity index is 2.69. The minimum Gasteiger partial charge on any atom is -0.364 e. The molecule has 0 saturated heterocycles. The number of carbonyl (C=O) groups excluding carboxylic acids is 1. The van der Waals surface area contributed by atoms with Crippen LogP contribution in [-0.4, -0.2) is 10.9 Å². The summed E-state index contributed by atoms with van der Waals surface area (Å²) in [5, 5.41) is 1.39. The molecule has 0 radical (unpaired) electrons. The Hall–Kier alpha value is -1.97. The molecule has 1 heterocycles. The van der Waals surface area contributed by atoms with Crippen molar-refractivity contribution in [2.45, 2.75) is 0 Å². The number of nitrogens with two attached hydrogens (primary N) is 1. The first-order valence-corrected chi connectivity index (χ1v) is 4.02. The van der Waals surface area contributed by atoms with E-state index in [0.717, 1.165) is 5.39 Å². The molecule has 2 N–H and O–H groups in total. The van der Waals surface area contributed by atoms with Gasteiger partial charge in [-0.3, -0.25) is 9.78 Å². The highest BCUT2D eigenvalue weighted by molar-refractivity contribution is 5.95. The van der Waals surface area contributed by atoms with E-state index in [1.165, 1.54) is 24.4 Å². The maximum atomic E-state index is 12.8. The number of nitrogens with zero attached hydrogens (tertiary/aromatic N) is 1. The summed E-state index contributed by atoms with van der Waals surface area (Å²) in [6.45, 7) is 0. The smallest absolute Gasteiger partial charge is 0.267 e. The van der Waals surface area contributed by atoms with E-state index in [1.54, 1.807) is 6.07 Å². The highest BCUT2D eigenvalue weighted by Gasteiger charge is 2.03. The molecule has 0 aliphatic carbocycles. The van der Waals surface area contributed by atoms with Crippen LogP contribution in [0.5, 0.6) is 0 Å². The van der Waals surface area contributed by atoms with Gasteiger partial charge in [-0.05, 0) is 29.7 Å². The zero-order chi connectivity index (χ0) is 10.1. The fraction of sp³-hybridized carbons (Fsp3) is 0. The number of benzene rings is 1. The van der Waals surface area contributed by atoms with Gasteiger partial charge in [0.1, 0.15) is 11.5 Å². The molecule has 0 atom stereocenters. The number of hydrogen-bond acceptors (Lipinski definition) is 2. The van der Waals surface area contributed by atoms with Crippen molar-refractivity contribution in [1.82, 2.24) is 4.98 Å². The number of rotatable bonds is 1. The summed E-state index contributed by atoms with van der Waals surface area (Å²) in [5.74, 6) is -0.963. The van der Waals surface area contributed by atoms with E-state index in [4.69, 9.17) is 5.73 Å². The zero-order valence-electron chi connectivity index (χ0n) is 7.20. The second-order valence-electron chi connectivity index (χ2n) is 2.93. The number of fused-ring (bicyclic) bond motifs is 1. The van der Waals surface area contributed by atoms with Crippen LogP contribution < -0.4 is 5.73 Å². The number of aromatic nitrogens is 1. The molecule has 0 bridgehead atoms. The first-order chi connectivity index (χ1) is 6.66. The molecular weight excluding hydrogens is 183 g/mol. The molecule has 0 unspecified atom stereocenters. The Bertz CT molecular complexity index is 510. The molecule has 0 aliphatic heterocycles. The normalized spacial score (nSPS) is 10.4. The topological polar surface area (TPSA) is 56.0 Å². The van der Waals surface area contributed by atoms with Crippen LogP contribution in [-0.2, 0) is 0 Å². The standard InChI is InChI=1S/C10H7FN2O/c11-8-2-1-6-5-13-9(10(12)14)4-7(6)3-8/h1-5H,(H2,12,14).